The van der Waals surface area contributed by atoms with Gasteiger partial charge in [-0.05, 0) is 36.7 Å². The number of benzene rings is 2. The molecule has 0 aromatic heterocycles. The maximum absolute atomic E-state index is 8.69. The highest BCUT2D eigenvalue weighted by molar-refractivity contribution is 6.30. The van der Waals surface area contributed by atoms with Crippen LogP contribution in [-0.4, -0.2) is 31.4 Å². The standard InChI is InChI=1S/C17H20ClNO2/c18-15-7-8-16(14-5-2-1-3-6-14)17(13-15)21-12-4-9-19-10-11-20/h1-3,5-8,13,19-20H,4,9-12H2. The minimum Gasteiger partial charge on any atom is -0.493 e. The van der Waals surface area contributed by atoms with Crippen LogP contribution in [0.4, 0.5) is 0 Å². The summed E-state index contributed by atoms with van der Waals surface area (Å²) in [7, 11) is 0. The van der Waals surface area contributed by atoms with E-state index in [2.05, 4.69) is 17.4 Å². The van der Waals surface area contributed by atoms with Crippen molar-refractivity contribution in [2.75, 3.05) is 26.3 Å². The quantitative estimate of drug-likeness (QED) is 0.735. The average Bonchev–Trinajstić information content (AvgIpc) is 2.52. The number of halogens is 1. The highest BCUT2D eigenvalue weighted by Gasteiger charge is 2.07. The summed E-state index contributed by atoms with van der Waals surface area (Å²) in [4.78, 5) is 0. The van der Waals surface area contributed by atoms with Gasteiger partial charge in [0.2, 0.25) is 0 Å². The second-order valence-electron chi connectivity index (χ2n) is 4.68. The predicted molar refractivity (Wildman–Crippen MR) is 87.0 cm³/mol. The van der Waals surface area contributed by atoms with Gasteiger partial charge in [-0.1, -0.05) is 41.9 Å². The van der Waals surface area contributed by atoms with Gasteiger partial charge in [-0.25, -0.2) is 0 Å². The highest BCUT2D eigenvalue weighted by Crippen LogP contribution is 2.32. The first-order valence-electron chi connectivity index (χ1n) is 7.10. The fraction of sp³-hybridized carbons (Fsp3) is 0.294. The molecule has 0 saturated carbocycles. The molecule has 0 radical (unpaired) electrons. The van der Waals surface area contributed by atoms with Crippen LogP contribution in [0, 0.1) is 0 Å². The van der Waals surface area contributed by atoms with Crippen LogP contribution in [0.2, 0.25) is 5.02 Å². The number of rotatable bonds is 8. The lowest BCUT2D eigenvalue weighted by Gasteiger charge is -2.12. The Bertz CT molecular complexity index is 546. The monoisotopic (exact) mass is 305 g/mol. The summed E-state index contributed by atoms with van der Waals surface area (Å²) in [5.74, 6) is 0.802. The van der Waals surface area contributed by atoms with Gasteiger partial charge < -0.3 is 15.2 Å². The number of aliphatic hydroxyl groups is 1. The van der Waals surface area contributed by atoms with Crippen LogP contribution in [-0.2, 0) is 0 Å². The lowest BCUT2D eigenvalue weighted by Crippen LogP contribution is -2.20. The second-order valence-corrected chi connectivity index (χ2v) is 5.12. The molecule has 112 valence electrons. The molecule has 2 aromatic carbocycles. The minimum atomic E-state index is 0.160. The van der Waals surface area contributed by atoms with Crippen LogP contribution in [0.25, 0.3) is 11.1 Å². The van der Waals surface area contributed by atoms with Crippen molar-refractivity contribution >= 4 is 11.6 Å². The van der Waals surface area contributed by atoms with E-state index in [0.717, 1.165) is 29.8 Å². The number of aliphatic hydroxyl groups excluding tert-OH is 1. The van der Waals surface area contributed by atoms with E-state index < -0.39 is 0 Å². The van der Waals surface area contributed by atoms with Crippen LogP contribution in [0.1, 0.15) is 6.42 Å². The molecule has 0 bridgehead atoms. The molecule has 21 heavy (non-hydrogen) atoms. The Hall–Kier alpha value is -1.55. The second kappa shape index (κ2) is 8.67. The predicted octanol–water partition coefficient (Wildman–Crippen LogP) is 3.36. The third-order valence-electron chi connectivity index (χ3n) is 3.07. The molecule has 0 atom stereocenters. The summed E-state index contributed by atoms with van der Waals surface area (Å²) in [5.41, 5.74) is 2.16. The van der Waals surface area contributed by atoms with E-state index in [1.54, 1.807) is 0 Å². The molecule has 0 aliphatic carbocycles. The summed E-state index contributed by atoms with van der Waals surface area (Å²) in [6.45, 7) is 2.21. The van der Waals surface area contributed by atoms with E-state index >= 15 is 0 Å². The van der Waals surface area contributed by atoms with E-state index in [1.165, 1.54) is 0 Å². The molecule has 2 aromatic rings. The molecule has 4 heteroatoms. The van der Waals surface area contributed by atoms with Crippen molar-refractivity contribution in [1.29, 1.82) is 0 Å². The number of hydrogen-bond acceptors (Lipinski definition) is 3. The molecule has 0 aliphatic heterocycles. The van der Waals surface area contributed by atoms with Crippen molar-refractivity contribution in [3.63, 3.8) is 0 Å². The molecule has 0 heterocycles. The van der Waals surface area contributed by atoms with Gasteiger partial charge in [0.05, 0.1) is 13.2 Å². The molecular formula is C17H20ClNO2. The molecule has 0 fully saturated rings. The topological polar surface area (TPSA) is 41.5 Å². The third-order valence-corrected chi connectivity index (χ3v) is 3.31. The van der Waals surface area contributed by atoms with Gasteiger partial charge in [0.1, 0.15) is 5.75 Å². The van der Waals surface area contributed by atoms with E-state index in [-0.39, 0.29) is 6.61 Å². The summed E-state index contributed by atoms with van der Waals surface area (Å²) in [6, 6.07) is 15.8. The van der Waals surface area contributed by atoms with Crippen LogP contribution < -0.4 is 10.1 Å². The zero-order valence-corrected chi connectivity index (χ0v) is 12.6. The molecule has 0 unspecified atom stereocenters. The van der Waals surface area contributed by atoms with Crippen molar-refractivity contribution in [2.24, 2.45) is 0 Å². The smallest absolute Gasteiger partial charge is 0.128 e. The molecule has 2 N–H and O–H groups in total. The normalized spacial score (nSPS) is 10.6. The van der Waals surface area contributed by atoms with Crippen LogP contribution in [0.15, 0.2) is 48.5 Å². The molecule has 3 nitrogen and oxygen atoms in total. The molecule has 2 rings (SSSR count). The Morgan fingerprint density at radius 1 is 1.05 bits per heavy atom. The van der Waals surface area contributed by atoms with Crippen molar-refractivity contribution in [3.05, 3.63) is 53.6 Å². The first kappa shape index (κ1) is 15.8. The van der Waals surface area contributed by atoms with E-state index in [0.29, 0.717) is 18.2 Å². The Balaban J connectivity index is 1.99. The van der Waals surface area contributed by atoms with Crippen molar-refractivity contribution in [1.82, 2.24) is 5.32 Å². The highest BCUT2D eigenvalue weighted by atomic mass is 35.5. The van der Waals surface area contributed by atoms with Crippen LogP contribution in [0.3, 0.4) is 0 Å². The van der Waals surface area contributed by atoms with Crippen molar-refractivity contribution in [3.8, 4) is 16.9 Å². The molecule has 0 saturated heterocycles. The van der Waals surface area contributed by atoms with E-state index in [1.807, 2.05) is 36.4 Å². The Kier molecular flexibility index (Phi) is 6.54. The molecular weight excluding hydrogens is 286 g/mol. The summed E-state index contributed by atoms with van der Waals surface area (Å²) in [6.07, 6.45) is 0.876. The first-order valence-corrected chi connectivity index (χ1v) is 7.48. The molecule has 0 spiro atoms. The van der Waals surface area contributed by atoms with Crippen molar-refractivity contribution < 1.29 is 9.84 Å². The van der Waals surface area contributed by atoms with Crippen molar-refractivity contribution in [2.45, 2.75) is 6.42 Å². The van der Waals surface area contributed by atoms with Gasteiger partial charge >= 0.3 is 0 Å². The van der Waals surface area contributed by atoms with Gasteiger partial charge in [0, 0.05) is 17.1 Å². The Morgan fingerprint density at radius 2 is 1.86 bits per heavy atom. The van der Waals surface area contributed by atoms with Gasteiger partial charge in [-0.3, -0.25) is 0 Å². The number of ether oxygens (including phenoxy) is 1. The zero-order chi connectivity index (χ0) is 14.9. The maximum Gasteiger partial charge on any atom is 0.128 e. The Morgan fingerprint density at radius 3 is 2.62 bits per heavy atom. The average molecular weight is 306 g/mol. The lowest BCUT2D eigenvalue weighted by molar-refractivity contribution is 0.282. The fourth-order valence-corrected chi connectivity index (χ4v) is 2.22. The number of hydrogen-bond donors (Lipinski definition) is 2. The molecule has 0 aliphatic rings. The van der Waals surface area contributed by atoms with Gasteiger partial charge in [0.15, 0.2) is 0 Å². The Labute approximate surface area is 130 Å². The maximum atomic E-state index is 8.69. The number of nitrogens with one attached hydrogen (secondary N) is 1. The molecule has 0 amide bonds. The van der Waals surface area contributed by atoms with E-state index in [4.69, 9.17) is 21.4 Å². The summed E-state index contributed by atoms with van der Waals surface area (Å²) >= 11 is 6.07. The third kappa shape index (κ3) is 5.05. The van der Waals surface area contributed by atoms with Gasteiger partial charge in [-0.15, -0.1) is 0 Å². The SMILES string of the molecule is OCCNCCCOc1cc(Cl)ccc1-c1ccccc1. The zero-order valence-electron chi connectivity index (χ0n) is 11.9. The summed E-state index contributed by atoms with van der Waals surface area (Å²) in [5, 5.41) is 12.5. The minimum absolute atomic E-state index is 0.160. The largest absolute Gasteiger partial charge is 0.493 e. The van der Waals surface area contributed by atoms with Crippen LogP contribution >= 0.6 is 11.6 Å². The fourth-order valence-electron chi connectivity index (χ4n) is 2.06. The van der Waals surface area contributed by atoms with Crippen LogP contribution in [0.5, 0.6) is 5.75 Å². The first-order chi connectivity index (χ1) is 10.3. The summed E-state index contributed by atoms with van der Waals surface area (Å²) < 4.78 is 5.87. The van der Waals surface area contributed by atoms with E-state index in [9.17, 15) is 0 Å². The van der Waals surface area contributed by atoms with Gasteiger partial charge in [0.25, 0.3) is 0 Å². The van der Waals surface area contributed by atoms with Gasteiger partial charge in [-0.2, -0.15) is 0 Å². The lowest BCUT2D eigenvalue weighted by atomic mass is 10.0.